The topological polar surface area (TPSA) is 49.3 Å². The summed E-state index contributed by atoms with van der Waals surface area (Å²) in [5.74, 6) is 0.890. The predicted octanol–water partition coefficient (Wildman–Crippen LogP) is -2.58. The van der Waals surface area contributed by atoms with Gasteiger partial charge in [-0.05, 0) is 6.42 Å². The highest BCUT2D eigenvalue weighted by atomic mass is 35.5. The largest absolute Gasteiger partial charge is 1.00 e. The minimum absolute atomic E-state index is 0. The van der Waals surface area contributed by atoms with Gasteiger partial charge in [0.1, 0.15) is 0 Å². The number of halogens is 1. The third kappa shape index (κ3) is 5.62. The summed E-state index contributed by atoms with van der Waals surface area (Å²) in [4.78, 5) is 1.08. The number of quaternary nitrogens is 1. The van der Waals surface area contributed by atoms with Crippen LogP contribution in [0.4, 0.5) is 0 Å². The van der Waals surface area contributed by atoms with E-state index in [1.807, 2.05) is 24.0 Å². The van der Waals surface area contributed by atoms with E-state index in [-0.39, 0.29) is 12.4 Å². The maximum Gasteiger partial charge on any atom is 0.396 e. The van der Waals surface area contributed by atoms with Gasteiger partial charge in [0.05, 0.1) is 13.7 Å². The first-order valence-electron chi connectivity index (χ1n) is 6.20. The minimum atomic E-state index is 0. The van der Waals surface area contributed by atoms with Gasteiger partial charge in [0.25, 0.3) is 6.73 Å². The fourth-order valence-corrected chi connectivity index (χ4v) is 1.73. The fourth-order valence-electron chi connectivity index (χ4n) is 1.73. The Bertz CT molecular complexity index is 316. The lowest BCUT2D eigenvalue weighted by Crippen LogP contribution is -3.07. The molecule has 0 saturated heterocycles. The SMILES string of the molecule is CCCCCCOC[N+]1=C(/C=N/O)[NH+](C)C=C1.[Cl-]. The van der Waals surface area contributed by atoms with Crippen LogP contribution in [0.2, 0.25) is 0 Å². The van der Waals surface area contributed by atoms with Crippen LogP contribution in [0.25, 0.3) is 0 Å². The Hall–Kier alpha value is -0.910. The molecule has 1 unspecified atom stereocenters. The Morgan fingerprint density at radius 2 is 2.22 bits per heavy atom. The standard InChI is InChI=1S/C12H21N3O2.ClH/c1-3-4-5-6-9-17-11-15-8-7-14(2)12(15)10-13-16;/h7-8,10H,3-6,9,11H2,1-2H3;1H/p+1. The van der Waals surface area contributed by atoms with E-state index in [0.717, 1.165) is 23.8 Å². The van der Waals surface area contributed by atoms with Crippen LogP contribution in [0.1, 0.15) is 32.6 Å². The number of nitrogens with zero attached hydrogens (tertiary/aromatic N) is 2. The lowest BCUT2D eigenvalue weighted by Gasteiger charge is -2.01. The molecule has 0 aromatic carbocycles. The molecule has 1 heterocycles. The first-order chi connectivity index (χ1) is 8.29. The van der Waals surface area contributed by atoms with Crippen LogP contribution in [0.15, 0.2) is 17.6 Å². The van der Waals surface area contributed by atoms with Crippen molar-refractivity contribution in [3.05, 3.63) is 12.4 Å². The van der Waals surface area contributed by atoms with Gasteiger partial charge in [0.2, 0.25) is 6.20 Å². The Morgan fingerprint density at radius 1 is 1.44 bits per heavy atom. The number of hydrogen-bond acceptors (Lipinski definition) is 3. The van der Waals surface area contributed by atoms with Gasteiger partial charge < -0.3 is 22.4 Å². The monoisotopic (exact) mass is 276 g/mol. The van der Waals surface area contributed by atoms with Crippen LogP contribution in [0.3, 0.4) is 0 Å². The van der Waals surface area contributed by atoms with Gasteiger partial charge in [-0.3, -0.25) is 0 Å². The highest BCUT2D eigenvalue weighted by molar-refractivity contribution is 6.22. The van der Waals surface area contributed by atoms with Crippen LogP contribution in [0.5, 0.6) is 0 Å². The molecule has 1 aliphatic rings. The fraction of sp³-hybridized carbons (Fsp3) is 0.667. The average Bonchev–Trinajstić information content (AvgIpc) is 2.66. The van der Waals surface area contributed by atoms with Gasteiger partial charge in [0.15, 0.2) is 12.4 Å². The lowest BCUT2D eigenvalue weighted by atomic mass is 10.2. The smallest absolute Gasteiger partial charge is 0.396 e. The number of ether oxygens (including phenoxy) is 1. The minimum Gasteiger partial charge on any atom is -1.00 e. The predicted molar refractivity (Wildman–Crippen MR) is 66.5 cm³/mol. The summed E-state index contributed by atoms with van der Waals surface area (Å²) in [6.45, 7) is 3.50. The third-order valence-corrected chi connectivity index (χ3v) is 2.77. The van der Waals surface area contributed by atoms with Crippen LogP contribution < -0.4 is 17.3 Å². The van der Waals surface area contributed by atoms with Crippen molar-refractivity contribution >= 4 is 12.1 Å². The number of nitrogens with one attached hydrogen (secondary N) is 1. The molecule has 0 saturated carbocycles. The second kappa shape index (κ2) is 10.1. The molecule has 0 aromatic rings. The number of rotatable bonds is 8. The van der Waals surface area contributed by atoms with Gasteiger partial charge in [-0.15, -0.1) is 4.58 Å². The molecule has 5 nitrogen and oxygen atoms in total. The van der Waals surface area contributed by atoms with Crippen molar-refractivity contribution in [2.24, 2.45) is 5.16 Å². The number of hydrogen-bond donors (Lipinski definition) is 2. The van der Waals surface area contributed by atoms with E-state index in [4.69, 9.17) is 9.94 Å². The van der Waals surface area contributed by atoms with E-state index in [2.05, 4.69) is 12.1 Å². The second-order valence-corrected chi connectivity index (χ2v) is 4.20. The molecular formula is C12H23ClN3O2+. The molecule has 18 heavy (non-hydrogen) atoms. The zero-order chi connectivity index (χ0) is 12.5. The third-order valence-electron chi connectivity index (χ3n) is 2.77. The number of unbranched alkanes of at least 4 members (excludes halogenated alkanes) is 3. The van der Waals surface area contributed by atoms with Crippen LogP contribution in [-0.4, -0.2) is 42.2 Å². The first kappa shape index (κ1) is 17.1. The molecule has 104 valence electrons. The molecule has 0 aromatic heterocycles. The van der Waals surface area contributed by atoms with Crippen molar-refractivity contribution in [1.29, 1.82) is 0 Å². The highest BCUT2D eigenvalue weighted by Crippen LogP contribution is 1.99. The average molecular weight is 277 g/mol. The zero-order valence-electron chi connectivity index (χ0n) is 11.1. The van der Waals surface area contributed by atoms with Crippen LogP contribution in [0, 0.1) is 0 Å². The van der Waals surface area contributed by atoms with E-state index < -0.39 is 0 Å². The second-order valence-electron chi connectivity index (χ2n) is 4.20. The van der Waals surface area contributed by atoms with Crippen molar-refractivity contribution in [2.75, 3.05) is 20.4 Å². The summed E-state index contributed by atoms with van der Waals surface area (Å²) in [6.07, 6.45) is 10.2. The van der Waals surface area contributed by atoms with Crippen molar-refractivity contribution in [2.45, 2.75) is 32.6 Å². The van der Waals surface area contributed by atoms with Crippen molar-refractivity contribution in [3.8, 4) is 0 Å². The summed E-state index contributed by atoms with van der Waals surface area (Å²) in [5.41, 5.74) is 0. The molecule has 0 radical (unpaired) electrons. The van der Waals surface area contributed by atoms with Crippen molar-refractivity contribution in [1.82, 2.24) is 0 Å². The normalized spacial score (nSPS) is 18.7. The molecule has 1 rings (SSSR count). The number of oxime groups is 1. The van der Waals surface area contributed by atoms with Gasteiger partial charge in [0, 0.05) is 0 Å². The molecule has 2 N–H and O–H groups in total. The molecule has 0 fully saturated rings. The Balaban J connectivity index is 0.00000289. The van der Waals surface area contributed by atoms with E-state index in [9.17, 15) is 0 Å². The molecule has 1 aliphatic heterocycles. The lowest BCUT2D eigenvalue weighted by molar-refractivity contribution is -0.733. The molecule has 0 spiro atoms. The highest BCUT2D eigenvalue weighted by Gasteiger charge is 2.26. The van der Waals surface area contributed by atoms with E-state index in [0.29, 0.717) is 6.73 Å². The van der Waals surface area contributed by atoms with Crippen LogP contribution >= 0.6 is 0 Å². The maximum absolute atomic E-state index is 8.57. The molecule has 0 aliphatic carbocycles. The van der Waals surface area contributed by atoms with Gasteiger partial charge in [-0.25, -0.2) is 4.90 Å². The molecule has 0 bridgehead atoms. The summed E-state index contributed by atoms with van der Waals surface area (Å²) in [7, 11) is 1.98. The van der Waals surface area contributed by atoms with E-state index in [1.165, 1.54) is 25.5 Å². The molecule has 0 amide bonds. The van der Waals surface area contributed by atoms with Gasteiger partial charge >= 0.3 is 5.84 Å². The Kier molecular flexibility index (Phi) is 9.55. The van der Waals surface area contributed by atoms with Crippen LogP contribution in [-0.2, 0) is 4.74 Å². The summed E-state index contributed by atoms with van der Waals surface area (Å²) >= 11 is 0. The van der Waals surface area contributed by atoms with E-state index >= 15 is 0 Å². The van der Waals surface area contributed by atoms with Gasteiger partial charge in [-0.1, -0.05) is 31.3 Å². The first-order valence-corrected chi connectivity index (χ1v) is 6.20. The Labute approximate surface area is 115 Å². The van der Waals surface area contributed by atoms with Crippen molar-refractivity contribution < 1.29 is 31.8 Å². The van der Waals surface area contributed by atoms with E-state index in [1.54, 1.807) is 0 Å². The molecule has 1 atom stereocenters. The Morgan fingerprint density at radius 3 is 2.89 bits per heavy atom. The number of amidine groups is 1. The summed E-state index contributed by atoms with van der Waals surface area (Å²) in [5, 5.41) is 11.6. The quantitative estimate of drug-likeness (QED) is 0.168. The van der Waals surface area contributed by atoms with Crippen molar-refractivity contribution in [3.63, 3.8) is 0 Å². The zero-order valence-corrected chi connectivity index (χ0v) is 11.9. The molecular weight excluding hydrogens is 254 g/mol. The van der Waals surface area contributed by atoms with Gasteiger partial charge in [-0.2, -0.15) is 0 Å². The maximum atomic E-state index is 8.57. The molecule has 6 heteroatoms. The summed E-state index contributed by atoms with van der Waals surface area (Å²) < 4.78 is 7.53. The summed E-state index contributed by atoms with van der Waals surface area (Å²) in [6, 6.07) is 0.